The Morgan fingerprint density at radius 2 is 1.26 bits per heavy atom. The summed E-state index contributed by atoms with van der Waals surface area (Å²) in [5.74, 6) is -32.4. The van der Waals surface area contributed by atoms with Crippen LogP contribution in [0.3, 0.4) is 0 Å². The van der Waals surface area contributed by atoms with Crippen molar-refractivity contribution in [3.63, 3.8) is 0 Å². The van der Waals surface area contributed by atoms with Crippen LogP contribution in [0.25, 0.3) is 0 Å². The van der Waals surface area contributed by atoms with E-state index in [1.54, 1.807) is 0 Å². The molecule has 0 aromatic heterocycles. The molecule has 2 saturated carbocycles. The third-order valence-corrected chi connectivity index (χ3v) is 7.17. The fourth-order valence-electron chi connectivity index (χ4n) is 4.90. The maximum atomic E-state index is 13.9. The second kappa shape index (κ2) is 9.14. The Labute approximate surface area is 191 Å². The average Bonchev–Trinajstić information content (AvgIpc) is 3.18. The largest absolute Gasteiger partial charge is 0.465 e. The van der Waals surface area contributed by atoms with E-state index in [2.05, 4.69) is 4.74 Å². The minimum absolute atomic E-state index is 0.0805. The third kappa shape index (κ3) is 5.78. The van der Waals surface area contributed by atoms with Gasteiger partial charge in [0.15, 0.2) is 0 Å². The average molecular weight is 542 g/mol. The molecule has 0 aromatic rings. The molecule has 0 aliphatic heterocycles. The zero-order valence-corrected chi connectivity index (χ0v) is 18.4. The van der Waals surface area contributed by atoms with Crippen molar-refractivity contribution in [1.82, 2.24) is 0 Å². The van der Waals surface area contributed by atoms with Crippen molar-refractivity contribution in [3.05, 3.63) is 0 Å². The Bertz CT molecular complexity index is 775. The fraction of sp³-hybridized carbons (Fsp3) is 0.950. The Hall–Kier alpha value is -1.44. The van der Waals surface area contributed by atoms with Crippen molar-refractivity contribution >= 4 is 5.97 Å². The lowest BCUT2D eigenvalue weighted by atomic mass is 9.76. The lowest BCUT2D eigenvalue weighted by Crippen LogP contribution is -2.58. The molecule has 2 nitrogen and oxygen atoms in total. The highest BCUT2D eigenvalue weighted by molar-refractivity contribution is 5.73. The number of hydrogen-bond donors (Lipinski definition) is 0. The molecule has 2 fully saturated rings. The van der Waals surface area contributed by atoms with Gasteiger partial charge >= 0.3 is 35.8 Å². The second-order valence-corrected chi connectivity index (χ2v) is 9.53. The summed E-state index contributed by atoms with van der Waals surface area (Å²) in [6, 6.07) is 0. The van der Waals surface area contributed by atoms with Crippen molar-refractivity contribution in [2.45, 2.75) is 81.7 Å². The maximum Gasteiger partial charge on any atom is 0.453 e. The summed E-state index contributed by atoms with van der Waals surface area (Å²) in [5.41, 5.74) is 0. The van der Waals surface area contributed by atoms with Crippen LogP contribution < -0.4 is 0 Å². The molecule has 5 atom stereocenters. The number of alkyl halides is 13. The normalized spacial score (nSPS) is 28.5. The number of fused-ring (bicyclic) bond motifs is 2. The Morgan fingerprint density at radius 1 is 0.743 bits per heavy atom. The van der Waals surface area contributed by atoms with Gasteiger partial charge in [-0.3, -0.25) is 4.79 Å². The van der Waals surface area contributed by atoms with Crippen LogP contribution in [-0.4, -0.2) is 48.4 Å². The predicted molar refractivity (Wildman–Crippen MR) is 93.6 cm³/mol. The molecule has 0 amide bonds. The van der Waals surface area contributed by atoms with Crippen molar-refractivity contribution in [1.29, 1.82) is 0 Å². The van der Waals surface area contributed by atoms with Crippen molar-refractivity contribution in [2.75, 3.05) is 6.61 Å². The first-order valence-electron chi connectivity index (χ1n) is 10.6. The Kier molecular flexibility index (Phi) is 7.78. The van der Waals surface area contributed by atoms with Gasteiger partial charge in [-0.1, -0.05) is 13.8 Å². The Balaban J connectivity index is 1.98. The van der Waals surface area contributed by atoms with Gasteiger partial charge in [-0.15, -0.1) is 0 Å². The van der Waals surface area contributed by atoms with Gasteiger partial charge in [-0.25, -0.2) is 8.78 Å². The number of halogens is 13. The summed E-state index contributed by atoms with van der Waals surface area (Å²) in [6.45, 7) is 2.65. The second-order valence-electron chi connectivity index (χ2n) is 9.53. The molecule has 35 heavy (non-hydrogen) atoms. The van der Waals surface area contributed by atoms with Crippen LogP contribution in [0.1, 0.15) is 46.0 Å². The number of carbonyl (C=O) groups is 1. The minimum Gasteiger partial charge on any atom is -0.465 e. The van der Waals surface area contributed by atoms with Gasteiger partial charge in [0.25, 0.3) is 5.92 Å². The lowest BCUT2D eigenvalue weighted by Gasteiger charge is -2.36. The van der Waals surface area contributed by atoms with Crippen LogP contribution in [-0.2, 0) is 9.53 Å². The number of ether oxygens (including phenoxy) is 1. The molecule has 0 heterocycles. The first kappa shape index (κ1) is 29.8. The number of rotatable bonds is 10. The molecule has 15 heteroatoms. The molecular formula is C20H23F13O2. The first-order valence-corrected chi connectivity index (χ1v) is 10.6. The molecule has 2 rings (SSSR count). The van der Waals surface area contributed by atoms with Gasteiger partial charge < -0.3 is 4.74 Å². The molecular weight excluding hydrogens is 519 g/mol. The van der Waals surface area contributed by atoms with E-state index in [4.69, 9.17) is 0 Å². The van der Waals surface area contributed by atoms with Crippen LogP contribution in [0, 0.1) is 29.6 Å². The van der Waals surface area contributed by atoms with Crippen LogP contribution in [0.5, 0.6) is 0 Å². The molecule has 0 spiro atoms. The lowest BCUT2D eigenvalue weighted by molar-refractivity contribution is -0.357. The highest BCUT2D eigenvalue weighted by atomic mass is 19.4. The monoisotopic (exact) mass is 542 g/mol. The zero-order chi connectivity index (χ0) is 27.4. The number of carbonyl (C=O) groups excluding carboxylic acids is 1. The van der Waals surface area contributed by atoms with E-state index in [1.807, 2.05) is 13.8 Å². The summed E-state index contributed by atoms with van der Waals surface area (Å²) in [6.07, 6.45) is -14.8. The van der Waals surface area contributed by atoms with E-state index in [9.17, 15) is 61.9 Å². The molecule has 2 bridgehead atoms. The van der Waals surface area contributed by atoms with E-state index in [1.165, 1.54) is 0 Å². The SMILES string of the molecule is CC1C2CC(C(=O)OCCC(F)(F)CC(F)(F)C(F)(F)C(F)(F)CC(F)(F)C(F)(F)F)C(C2)C1C. The fourth-order valence-corrected chi connectivity index (χ4v) is 4.90. The van der Waals surface area contributed by atoms with Gasteiger partial charge in [0.05, 0.1) is 25.4 Å². The standard InChI is InChI=1S/C20H23F13O2/c1-9-10(2)12-5-11(9)6-13(12)14(34)35-4-3-15(21,22)7-16(23,24)19(29,30)17(25,26)8-18(27,28)20(31,32)33/h9-13H,3-8H2,1-2H3. The Morgan fingerprint density at radius 3 is 1.71 bits per heavy atom. The summed E-state index contributed by atoms with van der Waals surface area (Å²) < 4.78 is 176. The topological polar surface area (TPSA) is 26.3 Å². The summed E-state index contributed by atoms with van der Waals surface area (Å²) in [7, 11) is 0. The van der Waals surface area contributed by atoms with Gasteiger partial charge in [-0.05, 0) is 36.5 Å². The predicted octanol–water partition coefficient (Wildman–Crippen LogP) is 7.37. The van der Waals surface area contributed by atoms with Gasteiger partial charge in [0, 0.05) is 6.42 Å². The van der Waals surface area contributed by atoms with Crippen molar-refractivity contribution in [2.24, 2.45) is 29.6 Å². The molecule has 0 radical (unpaired) electrons. The zero-order valence-electron chi connectivity index (χ0n) is 18.4. The molecule has 2 aliphatic rings. The molecule has 0 saturated heterocycles. The molecule has 0 N–H and O–H groups in total. The minimum atomic E-state index is -6.98. The van der Waals surface area contributed by atoms with Gasteiger partial charge in [0.1, 0.15) is 0 Å². The van der Waals surface area contributed by atoms with Crippen molar-refractivity contribution in [3.8, 4) is 0 Å². The number of esters is 1. The number of hydrogen-bond acceptors (Lipinski definition) is 2. The summed E-state index contributed by atoms with van der Waals surface area (Å²) in [4.78, 5) is 12.2. The summed E-state index contributed by atoms with van der Waals surface area (Å²) in [5, 5.41) is 0. The van der Waals surface area contributed by atoms with E-state index < -0.39 is 73.5 Å². The first-order chi connectivity index (χ1) is 15.5. The highest BCUT2D eigenvalue weighted by Gasteiger charge is 2.76. The van der Waals surface area contributed by atoms with E-state index in [-0.39, 0.29) is 17.8 Å². The van der Waals surface area contributed by atoms with E-state index in [0.29, 0.717) is 18.8 Å². The van der Waals surface area contributed by atoms with Crippen LogP contribution in [0.15, 0.2) is 0 Å². The van der Waals surface area contributed by atoms with Crippen LogP contribution >= 0.6 is 0 Å². The molecule has 5 unspecified atom stereocenters. The molecule has 206 valence electrons. The van der Waals surface area contributed by atoms with E-state index >= 15 is 0 Å². The van der Waals surface area contributed by atoms with Gasteiger partial charge in [-0.2, -0.15) is 48.3 Å². The van der Waals surface area contributed by atoms with Crippen LogP contribution in [0.2, 0.25) is 0 Å². The highest BCUT2D eigenvalue weighted by Crippen LogP contribution is 2.56. The van der Waals surface area contributed by atoms with Gasteiger partial charge in [0.2, 0.25) is 0 Å². The maximum absolute atomic E-state index is 13.9. The quantitative estimate of drug-likeness (QED) is 0.213. The summed E-state index contributed by atoms with van der Waals surface area (Å²) >= 11 is 0. The van der Waals surface area contributed by atoms with E-state index in [0.717, 1.165) is 0 Å². The third-order valence-electron chi connectivity index (χ3n) is 7.17. The van der Waals surface area contributed by atoms with Crippen molar-refractivity contribution < 1.29 is 66.6 Å². The smallest absolute Gasteiger partial charge is 0.453 e. The molecule has 2 aliphatic carbocycles. The molecule has 0 aromatic carbocycles. The van der Waals surface area contributed by atoms with Crippen LogP contribution in [0.4, 0.5) is 57.1 Å².